The van der Waals surface area contributed by atoms with E-state index in [1.54, 1.807) is 0 Å². The number of rotatable bonds is 6. The Morgan fingerprint density at radius 3 is 2.36 bits per heavy atom. The minimum atomic E-state index is 0.529. The molecule has 0 N–H and O–H groups in total. The van der Waals surface area contributed by atoms with Crippen molar-refractivity contribution in [3.63, 3.8) is 0 Å². The second kappa shape index (κ2) is 8.67. The van der Waals surface area contributed by atoms with E-state index >= 15 is 0 Å². The summed E-state index contributed by atoms with van der Waals surface area (Å²) in [5.41, 5.74) is 3.25. The van der Waals surface area contributed by atoms with Gasteiger partial charge in [-0.3, -0.25) is 4.99 Å². The maximum atomic E-state index is 5.70. The molecule has 1 heterocycles. The number of anilines is 1. The summed E-state index contributed by atoms with van der Waals surface area (Å²) in [4.78, 5) is 6.90. The Morgan fingerprint density at radius 2 is 1.72 bits per heavy atom. The van der Waals surface area contributed by atoms with Crippen LogP contribution in [0.2, 0.25) is 0 Å². The van der Waals surface area contributed by atoms with Gasteiger partial charge in [-0.25, -0.2) is 0 Å². The molecule has 25 heavy (non-hydrogen) atoms. The first-order chi connectivity index (χ1) is 12.2. The minimum absolute atomic E-state index is 0.529. The second-order valence-corrected chi connectivity index (χ2v) is 6.65. The molecular weight excluding hydrogens is 312 g/mol. The Morgan fingerprint density at radius 1 is 1.04 bits per heavy atom. The lowest BCUT2D eigenvalue weighted by molar-refractivity contribution is 0.122. The average Bonchev–Trinajstić information content (AvgIpc) is 2.66. The monoisotopic (exact) mass is 338 g/mol. The van der Waals surface area contributed by atoms with Gasteiger partial charge in [0.1, 0.15) is 5.75 Å². The van der Waals surface area contributed by atoms with Crippen molar-refractivity contribution >= 4 is 17.6 Å². The van der Waals surface area contributed by atoms with Crippen LogP contribution in [-0.4, -0.2) is 39.1 Å². The van der Waals surface area contributed by atoms with Gasteiger partial charge < -0.3 is 14.4 Å². The van der Waals surface area contributed by atoms with Gasteiger partial charge >= 0.3 is 0 Å². The van der Waals surface area contributed by atoms with Crippen LogP contribution >= 0.6 is 0 Å². The van der Waals surface area contributed by atoms with Crippen LogP contribution in [0.5, 0.6) is 5.75 Å². The lowest BCUT2D eigenvalue weighted by Crippen LogP contribution is -2.36. The summed E-state index contributed by atoms with van der Waals surface area (Å²) in [5.74, 6) is 1.43. The summed E-state index contributed by atoms with van der Waals surface area (Å²) in [7, 11) is 0. The first-order valence-electron chi connectivity index (χ1n) is 8.90. The van der Waals surface area contributed by atoms with E-state index in [1.165, 1.54) is 5.69 Å². The van der Waals surface area contributed by atoms with Crippen LogP contribution in [0.25, 0.3) is 0 Å². The fourth-order valence-corrected chi connectivity index (χ4v) is 2.63. The Bertz CT molecular complexity index is 672. The smallest absolute Gasteiger partial charge is 0.119 e. The van der Waals surface area contributed by atoms with E-state index in [9.17, 15) is 0 Å². The lowest BCUT2D eigenvalue weighted by atomic mass is 10.2. The van der Waals surface area contributed by atoms with E-state index < -0.39 is 0 Å². The van der Waals surface area contributed by atoms with E-state index in [-0.39, 0.29) is 0 Å². The van der Waals surface area contributed by atoms with Crippen LogP contribution in [0, 0.1) is 5.92 Å². The highest BCUT2D eigenvalue weighted by Gasteiger charge is 2.10. The number of benzene rings is 2. The minimum Gasteiger partial charge on any atom is -0.493 e. The van der Waals surface area contributed by atoms with Gasteiger partial charge in [0.2, 0.25) is 0 Å². The summed E-state index contributed by atoms with van der Waals surface area (Å²) < 4.78 is 11.1. The molecule has 1 aliphatic rings. The highest BCUT2D eigenvalue weighted by Crippen LogP contribution is 2.21. The molecule has 3 rings (SSSR count). The van der Waals surface area contributed by atoms with Crippen LogP contribution in [0.4, 0.5) is 11.4 Å². The topological polar surface area (TPSA) is 34.1 Å². The molecule has 0 atom stereocenters. The molecule has 132 valence electrons. The summed E-state index contributed by atoms with van der Waals surface area (Å²) in [5, 5.41) is 0. The van der Waals surface area contributed by atoms with Crippen molar-refractivity contribution < 1.29 is 9.47 Å². The van der Waals surface area contributed by atoms with Gasteiger partial charge in [0, 0.05) is 25.0 Å². The second-order valence-electron chi connectivity index (χ2n) is 6.65. The van der Waals surface area contributed by atoms with E-state index in [2.05, 4.69) is 48.0 Å². The maximum Gasteiger partial charge on any atom is 0.119 e. The summed E-state index contributed by atoms with van der Waals surface area (Å²) in [6.07, 6.45) is 1.88. The molecule has 1 aliphatic heterocycles. The standard InChI is InChI=1S/C21H26N2O2/c1-17(2)16-25-21-9-3-18(4-10-21)15-22-19-5-7-20(8-6-19)23-11-13-24-14-12-23/h3-10,15,17H,11-14,16H2,1-2H3. The van der Waals surface area contributed by atoms with Crippen LogP contribution in [-0.2, 0) is 4.74 Å². The molecule has 0 amide bonds. The van der Waals surface area contributed by atoms with Gasteiger partial charge in [0.15, 0.2) is 0 Å². The van der Waals surface area contributed by atoms with Gasteiger partial charge in [-0.2, -0.15) is 0 Å². The highest BCUT2D eigenvalue weighted by atomic mass is 16.5. The number of hydrogen-bond donors (Lipinski definition) is 0. The van der Waals surface area contributed by atoms with Crippen molar-refractivity contribution in [2.24, 2.45) is 10.9 Å². The summed E-state index contributed by atoms with van der Waals surface area (Å²) >= 11 is 0. The molecular formula is C21H26N2O2. The molecule has 2 aromatic carbocycles. The Kier molecular flexibility index (Phi) is 6.07. The van der Waals surface area contributed by atoms with Crippen LogP contribution < -0.4 is 9.64 Å². The highest BCUT2D eigenvalue weighted by molar-refractivity contribution is 5.82. The van der Waals surface area contributed by atoms with Gasteiger partial charge in [-0.1, -0.05) is 13.8 Å². The van der Waals surface area contributed by atoms with Crippen LogP contribution in [0.3, 0.4) is 0 Å². The largest absolute Gasteiger partial charge is 0.493 e. The molecule has 0 unspecified atom stereocenters. The number of hydrogen-bond acceptors (Lipinski definition) is 4. The van der Waals surface area contributed by atoms with E-state index in [4.69, 9.17) is 9.47 Å². The molecule has 2 aromatic rings. The zero-order chi connectivity index (χ0) is 17.5. The predicted octanol–water partition coefficient (Wildman–Crippen LogP) is 4.31. The predicted molar refractivity (Wildman–Crippen MR) is 104 cm³/mol. The SMILES string of the molecule is CC(C)COc1ccc(C=Nc2ccc(N3CCOCC3)cc2)cc1. The molecule has 1 fully saturated rings. The van der Waals surface area contributed by atoms with Crippen molar-refractivity contribution in [2.75, 3.05) is 37.8 Å². The average molecular weight is 338 g/mol. The first-order valence-corrected chi connectivity index (χ1v) is 8.90. The first kappa shape index (κ1) is 17.5. The Hall–Kier alpha value is -2.33. The zero-order valence-corrected chi connectivity index (χ0v) is 15.0. The quantitative estimate of drug-likeness (QED) is 0.736. The molecule has 0 radical (unpaired) electrons. The molecule has 0 saturated carbocycles. The third kappa shape index (κ3) is 5.33. The van der Waals surface area contributed by atoms with Gasteiger partial charge in [0.25, 0.3) is 0 Å². The maximum absolute atomic E-state index is 5.70. The normalized spacial score (nSPS) is 15.1. The van der Waals surface area contributed by atoms with Crippen molar-refractivity contribution in [3.05, 3.63) is 54.1 Å². The van der Waals surface area contributed by atoms with Gasteiger partial charge in [-0.05, 0) is 60.0 Å². The Balaban J connectivity index is 1.57. The summed E-state index contributed by atoms with van der Waals surface area (Å²) in [6, 6.07) is 16.4. The molecule has 4 nitrogen and oxygen atoms in total. The van der Waals surface area contributed by atoms with Gasteiger partial charge in [-0.15, -0.1) is 0 Å². The van der Waals surface area contributed by atoms with Crippen molar-refractivity contribution in [2.45, 2.75) is 13.8 Å². The van der Waals surface area contributed by atoms with E-state index in [0.29, 0.717) is 5.92 Å². The van der Waals surface area contributed by atoms with E-state index in [0.717, 1.165) is 49.9 Å². The van der Waals surface area contributed by atoms with E-state index in [1.807, 2.05) is 30.5 Å². The molecule has 0 aromatic heterocycles. The van der Waals surface area contributed by atoms with Crippen molar-refractivity contribution in [3.8, 4) is 5.75 Å². The zero-order valence-electron chi connectivity index (χ0n) is 15.0. The third-order valence-corrected chi connectivity index (χ3v) is 4.05. The van der Waals surface area contributed by atoms with Crippen molar-refractivity contribution in [1.29, 1.82) is 0 Å². The summed E-state index contributed by atoms with van der Waals surface area (Å²) in [6.45, 7) is 8.54. The Labute approximate surface area is 150 Å². The number of aliphatic imine (C=N–C) groups is 1. The number of ether oxygens (including phenoxy) is 2. The van der Waals surface area contributed by atoms with Gasteiger partial charge in [0.05, 0.1) is 25.5 Å². The van der Waals surface area contributed by atoms with Crippen LogP contribution in [0.1, 0.15) is 19.4 Å². The van der Waals surface area contributed by atoms with Crippen molar-refractivity contribution in [1.82, 2.24) is 0 Å². The third-order valence-electron chi connectivity index (χ3n) is 4.05. The lowest BCUT2D eigenvalue weighted by Gasteiger charge is -2.28. The molecule has 0 bridgehead atoms. The molecule has 0 aliphatic carbocycles. The fourth-order valence-electron chi connectivity index (χ4n) is 2.63. The number of nitrogens with zero attached hydrogens (tertiary/aromatic N) is 2. The molecule has 4 heteroatoms. The number of morpholine rings is 1. The fraction of sp³-hybridized carbons (Fsp3) is 0.381. The molecule has 1 saturated heterocycles. The molecule has 0 spiro atoms. The van der Waals surface area contributed by atoms with Crippen LogP contribution in [0.15, 0.2) is 53.5 Å².